The number of nitrogens with zero attached hydrogens (tertiary/aromatic N) is 3. The first-order valence-corrected chi connectivity index (χ1v) is 5.96. The number of nitriles is 1. The molecule has 0 saturated carbocycles. The lowest BCUT2D eigenvalue weighted by atomic mass is 10.1. The van der Waals surface area contributed by atoms with Crippen molar-refractivity contribution in [2.75, 3.05) is 5.73 Å². The molecule has 0 amide bonds. The zero-order chi connectivity index (χ0) is 13.9. The first-order valence-electron chi connectivity index (χ1n) is 5.96. The Bertz CT molecular complexity index is 823. The largest absolute Gasteiger partial charge is 0.435 e. The highest BCUT2D eigenvalue weighted by Gasteiger charge is 2.10. The molecule has 0 radical (unpaired) electrons. The summed E-state index contributed by atoms with van der Waals surface area (Å²) in [6, 6.07) is 12.5. The van der Waals surface area contributed by atoms with E-state index < -0.39 is 0 Å². The van der Waals surface area contributed by atoms with Gasteiger partial charge in [0.05, 0.1) is 0 Å². The lowest BCUT2D eigenvalue weighted by Crippen LogP contribution is -1.95. The van der Waals surface area contributed by atoms with Gasteiger partial charge in [0.2, 0.25) is 5.88 Å². The van der Waals surface area contributed by atoms with Gasteiger partial charge >= 0.3 is 0 Å². The van der Waals surface area contributed by atoms with Gasteiger partial charge in [0, 0.05) is 23.5 Å². The monoisotopic (exact) mass is 262 g/mol. The second-order valence-corrected chi connectivity index (χ2v) is 4.12. The van der Waals surface area contributed by atoms with E-state index in [1.165, 1.54) is 0 Å². The summed E-state index contributed by atoms with van der Waals surface area (Å²) in [5.74, 6) is 0.775. The van der Waals surface area contributed by atoms with Crippen molar-refractivity contribution >= 4 is 16.6 Å². The lowest BCUT2D eigenvalue weighted by Gasteiger charge is -2.09. The van der Waals surface area contributed by atoms with Crippen LogP contribution in [0, 0.1) is 11.3 Å². The van der Waals surface area contributed by atoms with E-state index in [1.807, 2.05) is 18.2 Å². The van der Waals surface area contributed by atoms with Crippen molar-refractivity contribution in [3.8, 4) is 17.7 Å². The highest BCUT2D eigenvalue weighted by atomic mass is 16.5. The molecular formula is C15H10N4O. The van der Waals surface area contributed by atoms with Crippen molar-refractivity contribution in [2.45, 2.75) is 0 Å². The summed E-state index contributed by atoms with van der Waals surface area (Å²) in [6.07, 6.45) is 3.24. The van der Waals surface area contributed by atoms with E-state index in [9.17, 15) is 0 Å². The number of nitrogen functional groups attached to an aromatic ring is 1. The van der Waals surface area contributed by atoms with E-state index in [4.69, 9.17) is 15.7 Å². The van der Waals surface area contributed by atoms with E-state index in [0.717, 1.165) is 5.39 Å². The molecular weight excluding hydrogens is 252 g/mol. The predicted molar refractivity (Wildman–Crippen MR) is 75.2 cm³/mol. The fourth-order valence-electron chi connectivity index (χ4n) is 1.91. The molecule has 0 fully saturated rings. The summed E-state index contributed by atoms with van der Waals surface area (Å²) in [4.78, 5) is 8.35. The van der Waals surface area contributed by atoms with Crippen molar-refractivity contribution in [2.24, 2.45) is 0 Å². The van der Waals surface area contributed by atoms with Crippen LogP contribution in [0.4, 0.5) is 5.69 Å². The minimum absolute atomic E-state index is 0.256. The number of anilines is 1. The number of ether oxygens (including phenoxy) is 1. The molecule has 3 aromatic rings. The third-order valence-corrected chi connectivity index (χ3v) is 2.86. The van der Waals surface area contributed by atoms with Gasteiger partial charge in [0.1, 0.15) is 17.1 Å². The lowest BCUT2D eigenvalue weighted by molar-refractivity contribution is 0.465. The molecule has 0 saturated heterocycles. The number of fused-ring (bicyclic) bond motifs is 1. The molecule has 0 aliphatic heterocycles. The number of hydrogen-bond donors (Lipinski definition) is 1. The molecule has 2 N–H and O–H groups in total. The van der Waals surface area contributed by atoms with Crippen LogP contribution in [0.5, 0.6) is 11.6 Å². The summed E-state index contributed by atoms with van der Waals surface area (Å²) in [7, 11) is 0. The molecule has 5 heteroatoms. The molecule has 0 spiro atoms. The van der Waals surface area contributed by atoms with Crippen LogP contribution in [0.1, 0.15) is 5.56 Å². The number of hydrogen-bond acceptors (Lipinski definition) is 5. The highest BCUT2D eigenvalue weighted by Crippen LogP contribution is 2.31. The van der Waals surface area contributed by atoms with Crippen LogP contribution in [0.3, 0.4) is 0 Å². The molecule has 0 bridgehead atoms. The third-order valence-electron chi connectivity index (χ3n) is 2.86. The van der Waals surface area contributed by atoms with Gasteiger partial charge in [-0.2, -0.15) is 5.26 Å². The fraction of sp³-hybridized carbons (Fsp3) is 0. The summed E-state index contributed by atoms with van der Waals surface area (Å²) in [5.41, 5.74) is 7.55. The number of pyridine rings is 2. The Balaban J connectivity index is 2.12. The zero-order valence-electron chi connectivity index (χ0n) is 10.4. The summed E-state index contributed by atoms with van der Waals surface area (Å²) >= 11 is 0. The van der Waals surface area contributed by atoms with E-state index in [0.29, 0.717) is 22.5 Å². The van der Waals surface area contributed by atoms with Gasteiger partial charge in [-0.05, 0) is 36.4 Å². The maximum Gasteiger partial charge on any atom is 0.237 e. The van der Waals surface area contributed by atoms with Crippen LogP contribution in [-0.2, 0) is 0 Å². The average molecular weight is 262 g/mol. The van der Waals surface area contributed by atoms with Gasteiger partial charge in [-0.15, -0.1) is 0 Å². The SMILES string of the molecule is N#Cc1cccnc1Oc1ccc(N)c2cccnc12. The Morgan fingerprint density at radius 3 is 2.70 bits per heavy atom. The van der Waals surface area contributed by atoms with Gasteiger partial charge < -0.3 is 10.5 Å². The molecule has 0 aliphatic carbocycles. The van der Waals surface area contributed by atoms with E-state index in [2.05, 4.69) is 9.97 Å². The minimum Gasteiger partial charge on any atom is -0.435 e. The van der Waals surface area contributed by atoms with Crippen LogP contribution in [0.2, 0.25) is 0 Å². The molecule has 0 atom stereocenters. The number of benzene rings is 1. The number of rotatable bonds is 2. The van der Waals surface area contributed by atoms with Gasteiger partial charge in [-0.3, -0.25) is 4.98 Å². The van der Waals surface area contributed by atoms with E-state index in [-0.39, 0.29) is 5.88 Å². The molecule has 2 aromatic heterocycles. The maximum absolute atomic E-state index is 9.05. The van der Waals surface area contributed by atoms with Crippen LogP contribution >= 0.6 is 0 Å². The quantitative estimate of drug-likeness (QED) is 0.718. The van der Waals surface area contributed by atoms with Gasteiger partial charge in [0.25, 0.3) is 0 Å². The molecule has 96 valence electrons. The predicted octanol–water partition coefficient (Wildman–Crippen LogP) is 2.88. The Kier molecular flexibility index (Phi) is 2.90. The number of aromatic nitrogens is 2. The Morgan fingerprint density at radius 2 is 1.85 bits per heavy atom. The second kappa shape index (κ2) is 4.86. The van der Waals surface area contributed by atoms with Gasteiger partial charge in [0.15, 0.2) is 5.75 Å². The summed E-state index contributed by atoms with van der Waals surface area (Å²) < 4.78 is 5.72. The highest BCUT2D eigenvalue weighted by molar-refractivity contribution is 5.94. The van der Waals surface area contributed by atoms with Crippen molar-refractivity contribution in [3.63, 3.8) is 0 Å². The molecule has 0 aliphatic rings. The smallest absolute Gasteiger partial charge is 0.237 e. The molecule has 20 heavy (non-hydrogen) atoms. The molecule has 0 unspecified atom stereocenters. The van der Waals surface area contributed by atoms with Gasteiger partial charge in [-0.25, -0.2) is 4.98 Å². The number of nitrogens with two attached hydrogens (primary N) is 1. The second-order valence-electron chi connectivity index (χ2n) is 4.12. The van der Waals surface area contributed by atoms with Crippen LogP contribution in [0.15, 0.2) is 48.8 Å². The first kappa shape index (κ1) is 11.9. The maximum atomic E-state index is 9.05. The average Bonchev–Trinajstić information content (AvgIpc) is 2.51. The van der Waals surface area contributed by atoms with Crippen molar-refractivity contribution in [1.82, 2.24) is 9.97 Å². The Hall–Kier alpha value is -3.13. The standard InChI is InChI=1S/C15H10N4O/c16-9-10-3-1-8-19-15(10)20-13-6-5-12(17)11-4-2-7-18-14(11)13/h1-8H,17H2. The first-order chi connectivity index (χ1) is 9.79. The van der Waals surface area contributed by atoms with Crippen molar-refractivity contribution < 1.29 is 4.74 Å². The molecule has 5 nitrogen and oxygen atoms in total. The minimum atomic E-state index is 0.256. The summed E-state index contributed by atoms with van der Waals surface area (Å²) in [5, 5.41) is 9.85. The van der Waals surface area contributed by atoms with Crippen LogP contribution in [0.25, 0.3) is 10.9 Å². The third kappa shape index (κ3) is 1.99. The van der Waals surface area contributed by atoms with E-state index in [1.54, 1.807) is 36.7 Å². The Labute approximate surface area is 115 Å². The topological polar surface area (TPSA) is 84.8 Å². The van der Waals surface area contributed by atoms with Crippen LogP contribution < -0.4 is 10.5 Å². The molecule has 2 heterocycles. The Morgan fingerprint density at radius 1 is 1.05 bits per heavy atom. The van der Waals surface area contributed by atoms with E-state index >= 15 is 0 Å². The molecule has 3 rings (SSSR count). The van der Waals surface area contributed by atoms with Crippen molar-refractivity contribution in [3.05, 3.63) is 54.4 Å². The fourth-order valence-corrected chi connectivity index (χ4v) is 1.91. The van der Waals surface area contributed by atoms with Gasteiger partial charge in [-0.1, -0.05) is 0 Å². The normalized spacial score (nSPS) is 10.2. The molecule has 1 aromatic carbocycles. The zero-order valence-corrected chi connectivity index (χ0v) is 10.4. The summed E-state index contributed by atoms with van der Waals surface area (Å²) in [6.45, 7) is 0. The van der Waals surface area contributed by atoms with Crippen LogP contribution in [-0.4, -0.2) is 9.97 Å². The van der Waals surface area contributed by atoms with Crippen molar-refractivity contribution in [1.29, 1.82) is 5.26 Å².